The van der Waals surface area contributed by atoms with Crippen molar-refractivity contribution in [2.24, 2.45) is 12.0 Å². The van der Waals surface area contributed by atoms with Crippen LogP contribution in [0.25, 0.3) is 0 Å². The SMILES string of the molecule is CN=C(NCCN(C)C1CCCCC1)N1CCOC(c2cnn(C)c2)C1.I. The van der Waals surface area contributed by atoms with Crippen molar-refractivity contribution in [1.82, 2.24) is 24.9 Å². The fraction of sp³-hybridized carbons (Fsp3) is 0.789. The van der Waals surface area contributed by atoms with Gasteiger partial charge < -0.3 is 19.9 Å². The molecule has 0 aromatic carbocycles. The summed E-state index contributed by atoms with van der Waals surface area (Å²) in [6.07, 6.45) is 10.8. The molecule has 1 aromatic heterocycles. The summed E-state index contributed by atoms with van der Waals surface area (Å²) in [4.78, 5) is 9.30. The van der Waals surface area contributed by atoms with Crippen LogP contribution in [0, 0.1) is 0 Å². The number of guanidine groups is 1. The van der Waals surface area contributed by atoms with Crippen LogP contribution in [0.3, 0.4) is 0 Å². The van der Waals surface area contributed by atoms with E-state index in [9.17, 15) is 0 Å². The van der Waals surface area contributed by atoms with Gasteiger partial charge in [0.1, 0.15) is 6.10 Å². The highest BCUT2D eigenvalue weighted by Crippen LogP contribution is 2.22. The third-order valence-corrected chi connectivity index (χ3v) is 5.62. The lowest BCUT2D eigenvalue weighted by Gasteiger charge is -2.35. The lowest BCUT2D eigenvalue weighted by atomic mass is 9.94. The van der Waals surface area contributed by atoms with Gasteiger partial charge >= 0.3 is 0 Å². The zero-order valence-electron chi connectivity index (χ0n) is 16.9. The van der Waals surface area contributed by atoms with E-state index in [4.69, 9.17) is 4.74 Å². The molecule has 0 spiro atoms. The molecule has 0 amide bonds. The summed E-state index contributed by atoms with van der Waals surface area (Å²) in [7, 11) is 6.06. The van der Waals surface area contributed by atoms with Gasteiger partial charge in [-0.25, -0.2) is 0 Å². The van der Waals surface area contributed by atoms with E-state index in [0.717, 1.165) is 43.7 Å². The van der Waals surface area contributed by atoms with E-state index in [1.807, 2.05) is 31.2 Å². The third-order valence-electron chi connectivity index (χ3n) is 5.62. The third kappa shape index (κ3) is 6.32. The van der Waals surface area contributed by atoms with E-state index < -0.39 is 0 Å². The van der Waals surface area contributed by atoms with Gasteiger partial charge in [-0.3, -0.25) is 9.67 Å². The maximum atomic E-state index is 5.94. The van der Waals surface area contributed by atoms with Crippen molar-refractivity contribution in [1.29, 1.82) is 0 Å². The van der Waals surface area contributed by atoms with Gasteiger partial charge in [-0.05, 0) is 19.9 Å². The number of likely N-dealkylation sites (N-methyl/N-ethyl adjacent to an activating group) is 1. The Bertz CT molecular complexity index is 587. The zero-order valence-corrected chi connectivity index (χ0v) is 19.3. The molecule has 2 aliphatic rings. The molecule has 1 aromatic rings. The van der Waals surface area contributed by atoms with Crippen molar-refractivity contribution in [3.05, 3.63) is 18.0 Å². The number of halogens is 1. The van der Waals surface area contributed by atoms with Crippen molar-refractivity contribution in [3.8, 4) is 0 Å². The van der Waals surface area contributed by atoms with E-state index in [1.165, 1.54) is 32.1 Å². The number of hydrogen-bond acceptors (Lipinski definition) is 4. The van der Waals surface area contributed by atoms with Gasteiger partial charge in [-0.15, -0.1) is 24.0 Å². The molecule has 0 bridgehead atoms. The minimum atomic E-state index is 0. The van der Waals surface area contributed by atoms with Crippen molar-refractivity contribution in [2.45, 2.75) is 44.2 Å². The van der Waals surface area contributed by atoms with E-state index in [0.29, 0.717) is 6.61 Å². The molecule has 0 radical (unpaired) electrons. The van der Waals surface area contributed by atoms with Crippen LogP contribution in [0.15, 0.2) is 17.4 Å². The lowest BCUT2D eigenvalue weighted by Crippen LogP contribution is -2.49. The van der Waals surface area contributed by atoms with Crippen LogP contribution in [-0.2, 0) is 11.8 Å². The molecule has 7 nitrogen and oxygen atoms in total. The Labute approximate surface area is 180 Å². The monoisotopic (exact) mass is 490 g/mol. The molecule has 8 heteroatoms. The van der Waals surface area contributed by atoms with Gasteiger partial charge in [0.15, 0.2) is 5.96 Å². The molecule has 27 heavy (non-hydrogen) atoms. The fourth-order valence-corrected chi connectivity index (χ4v) is 4.03. The van der Waals surface area contributed by atoms with Crippen LogP contribution in [-0.4, -0.2) is 78.5 Å². The molecular weight excluding hydrogens is 455 g/mol. The number of aliphatic imine (C=N–C) groups is 1. The number of aryl methyl sites for hydroxylation is 1. The summed E-state index contributed by atoms with van der Waals surface area (Å²) in [5.41, 5.74) is 1.13. The van der Waals surface area contributed by atoms with Crippen molar-refractivity contribution < 1.29 is 4.74 Å². The summed E-state index contributed by atoms with van der Waals surface area (Å²) in [5, 5.41) is 7.81. The van der Waals surface area contributed by atoms with Gasteiger partial charge in [0.25, 0.3) is 0 Å². The first-order valence-corrected chi connectivity index (χ1v) is 9.93. The first kappa shape index (κ1) is 22.4. The molecule has 1 aliphatic heterocycles. The Balaban J connectivity index is 0.00000261. The van der Waals surface area contributed by atoms with Crippen LogP contribution in [0.1, 0.15) is 43.8 Å². The van der Waals surface area contributed by atoms with E-state index in [-0.39, 0.29) is 30.1 Å². The highest BCUT2D eigenvalue weighted by Gasteiger charge is 2.25. The summed E-state index contributed by atoms with van der Waals surface area (Å²) in [6, 6.07) is 0.755. The number of nitrogens with one attached hydrogen (secondary N) is 1. The second kappa shape index (κ2) is 11.2. The molecule has 1 unspecified atom stereocenters. The Kier molecular flexibility index (Phi) is 9.31. The number of aromatic nitrogens is 2. The molecule has 1 aliphatic carbocycles. The van der Waals surface area contributed by atoms with Crippen molar-refractivity contribution >= 4 is 29.9 Å². The van der Waals surface area contributed by atoms with Crippen LogP contribution in [0.2, 0.25) is 0 Å². The predicted octanol–water partition coefficient (Wildman–Crippen LogP) is 2.25. The number of rotatable bonds is 5. The maximum absolute atomic E-state index is 5.94. The number of hydrogen-bond donors (Lipinski definition) is 1. The average molecular weight is 490 g/mol. The van der Waals surface area contributed by atoms with Gasteiger partial charge in [0.2, 0.25) is 0 Å². The summed E-state index contributed by atoms with van der Waals surface area (Å²) < 4.78 is 7.76. The topological polar surface area (TPSA) is 57.9 Å². The minimum Gasteiger partial charge on any atom is -0.370 e. The summed E-state index contributed by atoms with van der Waals surface area (Å²) >= 11 is 0. The van der Waals surface area contributed by atoms with Crippen LogP contribution in [0.4, 0.5) is 0 Å². The number of ether oxygens (including phenoxy) is 1. The second-order valence-electron chi connectivity index (χ2n) is 7.50. The van der Waals surface area contributed by atoms with Crippen LogP contribution in [0.5, 0.6) is 0 Å². The standard InChI is InChI=1S/C19H34N6O.HI/c1-20-19(21-9-10-23(2)17-7-5-4-6-8-17)25-11-12-26-18(15-25)16-13-22-24(3)14-16;/h13-14,17-18H,4-12,15H2,1-3H3,(H,20,21);1H. The molecule has 2 fully saturated rings. The van der Waals surface area contributed by atoms with Gasteiger partial charge in [-0.1, -0.05) is 19.3 Å². The number of nitrogens with zero attached hydrogens (tertiary/aromatic N) is 5. The first-order chi connectivity index (χ1) is 12.7. The summed E-state index contributed by atoms with van der Waals surface area (Å²) in [6.45, 7) is 4.37. The van der Waals surface area contributed by atoms with Gasteiger partial charge in [0.05, 0.1) is 19.3 Å². The molecule has 1 saturated heterocycles. The smallest absolute Gasteiger partial charge is 0.193 e. The molecule has 1 atom stereocenters. The van der Waals surface area contributed by atoms with E-state index in [1.54, 1.807) is 0 Å². The highest BCUT2D eigenvalue weighted by molar-refractivity contribution is 14.0. The molecule has 1 N–H and O–H groups in total. The van der Waals surface area contributed by atoms with Crippen molar-refractivity contribution in [2.75, 3.05) is 46.9 Å². The Morgan fingerprint density at radius 3 is 2.81 bits per heavy atom. The Morgan fingerprint density at radius 1 is 1.37 bits per heavy atom. The summed E-state index contributed by atoms with van der Waals surface area (Å²) in [5.74, 6) is 0.972. The lowest BCUT2D eigenvalue weighted by molar-refractivity contribution is -0.00806. The quantitative estimate of drug-likeness (QED) is 0.390. The average Bonchev–Trinajstić information content (AvgIpc) is 3.12. The number of morpholine rings is 1. The molecule has 154 valence electrons. The molecular formula is C19H35IN6O. The zero-order chi connectivity index (χ0) is 18.4. The molecule has 1 saturated carbocycles. The van der Waals surface area contributed by atoms with E-state index >= 15 is 0 Å². The van der Waals surface area contributed by atoms with E-state index in [2.05, 4.69) is 32.3 Å². The van der Waals surface area contributed by atoms with Crippen molar-refractivity contribution in [3.63, 3.8) is 0 Å². The minimum absolute atomic E-state index is 0. The second-order valence-corrected chi connectivity index (χ2v) is 7.50. The fourth-order valence-electron chi connectivity index (χ4n) is 4.03. The van der Waals surface area contributed by atoms with Crippen LogP contribution >= 0.6 is 24.0 Å². The highest BCUT2D eigenvalue weighted by atomic mass is 127. The molecule has 3 rings (SSSR count). The van der Waals surface area contributed by atoms with Gasteiger partial charge in [0, 0.05) is 51.5 Å². The maximum Gasteiger partial charge on any atom is 0.193 e. The predicted molar refractivity (Wildman–Crippen MR) is 120 cm³/mol. The van der Waals surface area contributed by atoms with Crippen LogP contribution < -0.4 is 5.32 Å². The molecule has 2 heterocycles. The van der Waals surface area contributed by atoms with Gasteiger partial charge in [-0.2, -0.15) is 5.10 Å². The largest absolute Gasteiger partial charge is 0.370 e. The first-order valence-electron chi connectivity index (χ1n) is 9.93. The Hall–Kier alpha value is -0.870. The Morgan fingerprint density at radius 2 is 2.15 bits per heavy atom. The normalized spacial score (nSPS) is 22.0.